The van der Waals surface area contributed by atoms with Gasteiger partial charge in [0.2, 0.25) is 0 Å². The van der Waals surface area contributed by atoms with E-state index in [2.05, 4.69) is 10.1 Å². The zero-order valence-corrected chi connectivity index (χ0v) is 12.5. The lowest BCUT2D eigenvalue weighted by molar-refractivity contribution is 0.158. The minimum absolute atomic E-state index is 0.258. The van der Waals surface area contributed by atoms with E-state index in [9.17, 15) is 5.11 Å². The normalized spacial score (nSPS) is 20.3. The Bertz CT molecular complexity index is 594. The predicted octanol–water partition coefficient (Wildman–Crippen LogP) is 3.81. The molecule has 1 aliphatic heterocycles. The molecule has 2 heterocycles. The number of rotatable bonds is 3. The van der Waals surface area contributed by atoms with E-state index in [0.717, 1.165) is 36.5 Å². The van der Waals surface area contributed by atoms with Gasteiger partial charge >= 0.3 is 0 Å². The van der Waals surface area contributed by atoms with Gasteiger partial charge in [-0.25, -0.2) is 0 Å². The minimum Gasteiger partial charge on any atom is -0.508 e. The smallest absolute Gasteiger partial charge is 0.154 e. The molecule has 1 aromatic heterocycles. The van der Waals surface area contributed by atoms with E-state index in [4.69, 9.17) is 4.52 Å². The summed E-state index contributed by atoms with van der Waals surface area (Å²) in [5, 5.41) is 14.0. The van der Waals surface area contributed by atoms with Crippen molar-refractivity contribution >= 4 is 0 Å². The number of benzene rings is 1. The molecule has 1 N–H and O–H groups in total. The summed E-state index contributed by atoms with van der Waals surface area (Å²) in [6.07, 6.45) is 4.74. The van der Waals surface area contributed by atoms with Gasteiger partial charge in [0.15, 0.2) is 5.76 Å². The second-order valence-electron chi connectivity index (χ2n) is 5.83. The van der Waals surface area contributed by atoms with Gasteiger partial charge in [-0.05, 0) is 32.4 Å². The fourth-order valence-corrected chi connectivity index (χ4v) is 3.08. The Balaban J connectivity index is 1.84. The predicted molar refractivity (Wildman–Crippen MR) is 81.0 cm³/mol. The molecule has 0 aliphatic carbocycles. The number of para-hydroxylation sites is 1. The summed E-state index contributed by atoms with van der Waals surface area (Å²) >= 11 is 0. The van der Waals surface area contributed by atoms with Crippen LogP contribution in [-0.2, 0) is 6.54 Å². The van der Waals surface area contributed by atoms with Crippen LogP contribution in [0.5, 0.6) is 5.75 Å². The standard InChI is InChI=1S/C17H22N2O2/c1-13-11-17(21-18-13)15-8-3-2-6-10-19(15)12-14-7-4-5-9-16(14)20/h4-5,7,9,11,15,20H,2-3,6,8,10,12H2,1H3. The molecule has 1 aliphatic rings. The number of phenols is 1. The number of aromatic hydroxyl groups is 1. The number of phenolic OH excluding ortho intramolecular Hbond substituents is 1. The van der Waals surface area contributed by atoms with E-state index in [1.165, 1.54) is 19.3 Å². The minimum atomic E-state index is 0.258. The zero-order chi connectivity index (χ0) is 14.7. The molecule has 0 spiro atoms. The maximum atomic E-state index is 10.0. The van der Waals surface area contributed by atoms with Crippen LogP contribution < -0.4 is 0 Å². The maximum Gasteiger partial charge on any atom is 0.154 e. The molecular weight excluding hydrogens is 264 g/mol. The molecule has 0 amide bonds. The van der Waals surface area contributed by atoms with Crippen molar-refractivity contribution in [2.45, 2.75) is 45.2 Å². The molecule has 0 saturated carbocycles. The summed E-state index contributed by atoms with van der Waals surface area (Å²) in [7, 11) is 0. The van der Waals surface area contributed by atoms with E-state index >= 15 is 0 Å². The Morgan fingerprint density at radius 2 is 2.14 bits per heavy atom. The number of aromatic nitrogens is 1. The molecule has 1 saturated heterocycles. The van der Waals surface area contributed by atoms with Crippen LogP contribution in [-0.4, -0.2) is 21.7 Å². The van der Waals surface area contributed by atoms with Gasteiger partial charge in [0.25, 0.3) is 0 Å². The first-order chi connectivity index (χ1) is 10.2. The van der Waals surface area contributed by atoms with E-state index in [1.807, 2.05) is 31.2 Å². The lowest BCUT2D eigenvalue weighted by atomic mass is 10.1. The number of hydrogen-bond donors (Lipinski definition) is 1. The summed E-state index contributed by atoms with van der Waals surface area (Å²) < 4.78 is 5.50. The first kappa shape index (κ1) is 14.1. The number of likely N-dealkylation sites (tertiary alicyclic amines) is 1. The third-order valence-electron chi connectivity index (χ3n) is 4.20. The van der Waals surface area contributed by atoms with Crippen LogP contribution in [0.1, 0.15) is 48.7 Å². The molecule has 2 aromatic rings. The van der Waals surface area contributed by atoms with Gasteiger partial charge in [-0.2, -0.15) is 0 Å². The number of nitrogens with zero attached hydrogens (tertiary/aromatic N) is 2. The molecule has 4 heteroatoms. The lowest BCUT2D eigenvalue weighted by Crippen LogP contribution is -2.28. The first-order valence-electron chi connectivity index (χ1n) is 7.68. The third kappa shape index (κ3) is 3.27. The summed E-state index contributed by atoms with van der Waals surface area (Å²) in [4.78, 5) is 2.40. The van der Waals surface area contributed by atoms with Crippen LogP contribution in [0.4, 0.5) is 0 Å². The largest absolute Gasteiger partial charge is 0.508 e. The Kier molecular flexibility index (Phi) is 4.25. The summed E-state index contributed by atoms with van der Waals surface area (Å²) in [6.45, 7) is 3.73. The lowest BCUT2D eigenvalue weighted by Gasteiger charge is -2.28. The van der Waals surface area contributed by atoms with Gasteiger partial charge < -0.3 is 9.63 Å². The van der Waals surface area contributed by atoms with Gasteiger partial charge in [0.1, 0.15) is 5.75 Å². The first-order valence-corrected chi connectivity index (χ1v) is 7.68. The number of aryl methyl sites for hydroxylation is 1. The van der Waals surface area contributed by atoms with Crippen molar-refractivity contribution in [1.82, 2.24) is 10.1 Å². The van der Waals surface area contributed by atoms with Crippen LogP contribution in [0.15, 0.2) is 34.9 Å². The molecular formula is C17H22N2O2. The van der Waals surface area contributed by atoms with Gasteiger partial charge in [0, 0.05) is 18.2 Å². The molecule has 1 atom stereocenters. The van der Waals surface area contributed by atoms with Crippen molar-refractivity contribution in [3.63, 3.8) is 0 Å². The fraction of sp³-hybridized carbons (Fsp3) is 0.471. The molecule has 21 heavy (non-hydrogen) atoms. The molecule has 1 fully saturated rings. The Morgan fingerprint density at radius 3 is 2.90 bits per heavy atom. The van der Waals surface area contributed by atoms with Gasteiger partial charge in [-0.15, -0.1) is 0 Å². The highest BCUT2D eigenvalue weighted by Gasteiger charge is 2.26. The van der Waals surface area contributed by atoms with Crippen molar-refractivity contribution < 1.29 is 9.63 Å². The van der Waals surface area contributed by atoms with Crippen LogP contribution in [0.25, 0.3) is 0 Å². The highest BCUT2D eigenvalue weighted by Crippen LogP contribution is 2.32. The third-order valence-corrected chi connectivity index (χ3v) is 4.20. The molecule has 112 valence electrons. The van der Waals surface area contributed by atoms with E-state index in [0.29, 0.717) is 5.75 Å². The van der Waals surface area contributed by atoms with E-state index < -0.39 is 0 Å². The van der Waals surface area contributed by atoms with Crippen LogP contribution >= 0.6 is 0 Å². The van der Waals surface area contributed by atoms with Crippen molar-refractivity contribution in [3.8, 4) is 5.75 Å². The van der Waals surface area contributed by atoms with Crippen molar-refractivity contribution in [2.24, 2.45) is 0 Å². The summed E-state index contributed by atoms with van der Waals surface area (Å²) in [5.41, 5.74) is 1.90. The van der Waals surface area contributed by atoms with Crippen molar-refractivity contribution in [1.29, 1.82) is 0 Å². The molecule has 3 rings (SSSR count). The quantitative estimate of drug-likeness (QED) is 0.932. The molecule has 1 unspecified atom stereocenters. The molecule has 1 aromatic carbocycles. The van der Waals surface area contributed by atoms with Crippen LogP contribution in [0.3, 0.4) is 0 Å². The van der Waals surface area contributed by atoms with E-state index in [1.54, 1.807) is 6.07 Å². The SMILES string of the molecule is Cc1cc(C2CCCCCN2Cc2ccccc2O)on1. The van der Waals surface area contributed by atoms with Crippen LogP contribution in [0, 0.1) is 6.92 Å². The van der Waals surface area contributed by atoms with Crippen molar-refractivity contribution in [2.75, 3.05) is 6.54 Å². The highest BCUT2D eigenvalue weighted by molar-refractivity contribution is 5.31. The topological polar surface area (TPSA) is 49.5 Å². The number of hydrogen-bond acceptors (Lipinski definition) is 4. The average Bonchev–Trinajstić information content (AvgIpc) is 2.77. The molecule has 0 bridgehead atoms. The van der Waals surface area contributed by atoms with Gasteiger partial charge in [-0.3, -0.25) is 4.90 Å². The Labute approximate surface area is 125 Å². The van der Waals surface area contributed by atoms with E-state index in [-0.39, 0.29) is 6.04 Å². The second-order valence-corrected chi connectivity index (χ2v) is 5.83. The van der Waals surface area contributed by atoms with Gasteiger partial charge in [0.05, 0.1) is 11.7 Å². The van der Waals surface area contributed by atoms with Gasteiger partial charge in [-0.1, -0.05) is 36.2 Å². The zero-order valence-electron chi connectivity index (χ0n) is 12.5. The molecule has 4 nitrogen and oxygen atoms in total. The maximum absolute atomic E-state index is 10.0. The summed E-state index contributed by atoms with van der Waals surface area (Å²) in [6, 6.07) is 9.87. The fourth-order valence-electron chi connectivity index (χ4n) is 3.08. The Morgan fingerprint density at radius 1 is 1.29 bits per heavy atom. The van der Waals surface area contributed by atoms with Crippen LogP contribution in [0.2, 0.25) is 0 Å². The second kappa shape index (κ2) is 6.31. The summed E-state index contributed by atoms with van der Waals surface area (Å²) in [5.74, 6) is 1.32. The Hall–Kier alpha value is -1.81. The monoisotopic (exact) mass is 286 g/mol. The highest BCUT2D eigenvalue weighted by atomic mass is 16.5. The average molecular weight is 286 g/mol. The van der Waals surface area contributed by atoms with Crippen molar-refractivity contribution in [3.05, 3.63) is 47.3 Å². The molecule has 0 radical (unpaired) electrons.